The van der Waals surface area contributed by atoms with Crippen molar-refractivity contribution in [3.8, 4) is 6.07 Å². The van der Waals surface area contributed by atoms with Crippen LogP contribution in [0.25, 0.3) is 0 Å². The maximum atomic E-state index is 12.3. The number of hydrogen-bond acceptors (Lipinski definition) is 3. The lowest BCUT2D eigenvalue weighted by atomic mass is 10.1. The predicted octanol–water partition coefficient (Wildman–Crippen LogP) is 2.47. The van der Waals surface area contributed by atoms with Gasteiger partial charge in [-0.1, -0.05) is 0 Å². The van der Waals surface area contributed by atoms with Gasteiger partial charge in [-0.25, -0.2) is 8.78 Å². The van der Waals surface area contributed by atoms with Crippen molar-refractivity contribution >= 4 is 22.2 Å². The molecule has 0 atom stereocenters. The van der Waals surface area contributed by atoms with Crippen LogP contribution in [0, 0.1) is 11.3 Å². The summed E-state index contributed by atoms with van der Waals surface area (Å²) < 4.78 is 24.5. The largest absolute Gasteiger partial charge is 0.296 e. The smallest absolute Gasteiger partial charge is 0.266 e. The first-order valence-electron chi connectivity index (χ1n) is 3.43. The van der Waals surface area contributed by atoms with Gasteiger partial charge in [-0.3, -0.25) is 9.78 Å². The molecule has 0 aliphatic carbocycles. The monoisotopic (exact) mass is 260 g/mol. The quantitative estimate of drug-likeness (QED) is 0.768. The Labute approximate surface area is 86.5 Å². The Morgan fingerprint density at radius 1 is 1.64 bits per heavy atom. The Hall–Kier alpha value is -1.35. The minimum atomic E-state index is -2.73. The zero-order chi connectivity index (χ0) is 10.7. The number of carbonyl (C=O) groups excluding carboxylic acids is 1. The summed E-state index contributed by atoms with van der Waals surface area (Å²) in [5.74, 6) is 0. The highest BCUT2D eigenvalue weighted by Gasteiger charge is 2.18. The Kier molecular flexibility index (Phi) is 3.25. The minimum Gasteiger partial charge on any atom is -0.296 e. The molecule has 0 aliphatic heterocycles. The molecule has 1 aromatic heterocycles. The minimum absolute atomic E-state index is 0.0768. The van der Waals surface area contributed by atoms with Gasteiger partial charge >= 0.3 is 0 Å². The van der Waals surface area contributed by atoms with E-state index in [2.05, 4.69) is 20.9 Å². The molecule has 0 spiro atoms. The van der Waals surface area contributed by atoms with Crippen LogP contribution in [-0.4, -0.2) is 11.3 Å². The Morgan fingerprint density at radius 2 is 2.29 bits per heavy atom. The fourth-order valence-corrected chi connectivity index (χ4v) is 1.43. The molecule has 0 unspecified atom stereocenters. The van der Waals surface area contributed by atoms with Crippen molar-refractivity contribution in [2.24, 2.45) is 0 Å². The number of nitrogens with zero attached hydrogens (tertiary/aromatic N) is 2. The van der Waals surface area contributed by atoms with E-state index in [1.807, 2.05) is 0 Å². The highest BCUT2D eigenvalue weighted by atomic mass is 79.9. The van der Waals surface area contributed by atoms with Crippen LogP contribution in [0.4, 0.5) is 8.78 Å². The van der Waals surface area contributed by atoms with Crippen LogP contribution in [0.5, 0.6) is 0 Å². The van der Waals surface area contributed by atoms with Crippen molar-refractivity contribution in [2.75, 3.05) is 0 Å². The van der Waals surface area contributed by atoms with Gasteiger partial charge in [0.1, 0.15) is 11.8 Å². The number of halogens is 3. The number of carbonyl (C=O) groups is 1. The Morgan fingerprint density at radius 3 is 2.71 bits per heavy atom. The maximum absolute atomic E-state index is 12.3. The fourth-order valence-electron chi connectivity index (χ4n) is 0.865. The molecule has 3 nitrogen and oxygen atoms in total. The van der Waals surface area contributed by atoms with Gasteiger partial charge in [-0.15, -0.1) is 0 Å². The Balaban J connectivity index is 3.44. The zero-order valence-electron chi connectivity index (χ0n) is 6.67. The zero-order valence-corrected chi connectivity index (χ0v) is 8.25. The first-order valence-corrected chi connectivity index (χ1v) is 4.23. The summed E-state index contributed by atoms with van der Waals surface area (Å²) in [4.78, 5) is 13.8. The molecule has 72 valence electrons. The van der Waals surface area contributed by atoms with Crippen LogP contribution in [0.2, 0.25) is 0 Å². The second-order valence-electron chi connectivity index (χ2n) is 2.32. The first-order chi connectivity index (χ1) is 6.61. The van der Waals surface area contributed by atoms with Crippen molar-refractivity contribution in [3.63, 3.8) is 0 Å². The third kappa shape index (κ3) is 1.77. The molecule has 0 N–H and O–H groups in total. The third-order valence-corrected chi connectivity index (χ3v) is 2.38. The summed E-state index contributed by atoms with van der Waals surface area (Å²) in [5.41, 5.74) is -0.714. The van der Waals surface area contributed by atoms with Gasteiger partial charge in [0.2, 0.25) is 0 Å². The number of nitriles is 1. The standard InChI is InChI=1S/C8H3BrF2N2O/c9-7-4(1-12)6(3-14)13-2-5(7)8(10)11/h2-3,8H. The van der Waals surface area contributed by atoms with E-state index in [0.717, 1.165) is 6.20 Å². The molecule has 0 aliphatic rings. The molecule has 0 saturated heterocycles. The molecule has 1 rings (SSSR count). The van der Waals surface area contributed by atoms with E-state index in [9.17, 15) is 13.6 Å². The normalized spacial score (nSPS) is 9.93. The van der Waals surface area contributed by atoms with Crippen LogP contribution in [0.15, 0.2) is 10.7 Å². The summed E-state index contributed by atoms with van der Waals surface area (Å²) >= 11 is 2.83. The Bertz CT molecular complexity index is 415. The van der Waals surface area contributed by atoms with Crippen molar-refractivity contribution < 1.29 is 13.6 Å². The molecular formula is C8H3BrF2N2O. The molecule has 1 heterocycles. The number of aldehydes is 1. The molecule has 14 heavy (non-hydrogen) atoms. The number of pyridine rings is 1. The first kappa shape index (κ1) is 10.7. The molecule has 6 heteroatoms. The van der Waals surface area contributed by atoms with Crippen molar-refractivity contribution in [1.82, 2.24) is 4.98 Å². The van der Waals surface area contributed by atoms with E-state index in [1.165, 1.54) is 0 Å². The third-order valence-electron chi connectivity index (χ3n) is 1.53. The van der Waals surface area contributed by atoms with Crippen LogP contribution in [-0.2, 0) is 0 Å². The van der Waals surface area contributed by atoms with Gasteiger partial charge in [-0.2, -0.15) is 5.26 Å². The van der Waals surface area contributed by atoms with Gasteiger partial charge in [0.25, 0.3) is 6.43 Å². The van der Waals surface area contributed by atoms with Crippen LogP contribution in [0.3, 0.4) is 0 Å². The average molecular weight is 261 g/mol. The van der Waals surface area contributed by atoms with Crippen molar-refractivity contribution in [3.05, 3.63) is 27.5 Å². The average Bonchev–Trinajstić information content (AvgIpc) is 2.16. The second kappa shape index (κ2) is 4.24. The van der Waals surface area contributed by atoms with E-state index in [0.29, 0.717) is 6.29 Å². The fraction of sp³-hybridized carbons (Fsp3) is 0.125. The topological polar surface area (TPSA) is 53.8 Å². The summed E-state index contributed by atoms with van der Waals surface area (Å²) in [5, 5.41) is 8.61. The lowest BCUT2D eigenvalue weighted by Crippen LogP contribution is -1.98. The van der Waals surface area contributed by atoms with Gasteiger partial charge in [0.15, 0.2) is 6.29 Å². The molecule has 0 radical (unpaired) electrons. The highest BCUT2D eigenvalue weighted by molar-refractivity contribution is 9.10. The van der Waals surface area contributed by atoms with Gasteiger partial charge in [0.05, 0.1) is 11.1 Å². The highest BCUT2D eigenvalue weighted by Crippen LogP contribution is 2.29. The number of alkyl halides is 2. The van der Waals surface area contributed by atoms with Gasteiger partial charge in [-0.05, 0) is 15.9 Å². The second-order valence-corrected chi connectivity index (χ2v) is 3.11. The number of aromatic nitrogens is 1. The van der Waals surface area contributed by atoms with E-state index < -0.39 is 12.0 Å². The maximum Gasteiger partial charge on any atom is 0.266 e. The lowest BCUT2D eigenvalue weighted by Gasteiger charge is -2.04. The number of hydrogen-bond donors (Lipinski definition) is 0. The van der Waals surface area contributed by atoms with Crippen molar-refractivity contribution in [1.29, 1.82) is 5.26 Å². The molecular weight excluding hydrogens is 258 g/mol. The van der Waals surface area contributed by atoms with Crippen LogP contribution < -0.4 is 0 Å². The van der Waals surface area contributed by atoms with Gasteiger partial charge in [0, 0.05) is 10.7 Å². The van der Waals surface area contributed by atoms with E-state index >= 15 is 0 Å². The molecule has 0 bridgehead atoms. The van der Waals surface area contributed by atoms with Crippen molar-refractivity contribution in [2.45, 2.75) is 6.43 Å². The SMILES string of the molecule is N#Cc1c(C=O)ncc(C(F)F)c1Br. The number of rotatable bonds is 2. The van der Waals surface area contributed by atoms with Gasteiger partial charge < -0.3 is 0 Å². The van der Waals surface area contributed by atoms with E-state index in [-0.39, 0.29) is 15.7 Å². The summed E-state index contributed by atoms with van der Waals surface area (Å²) in [7, 11) is 0. The summed E-state index contributed by atoms with van der Waals surface area (Å²) in [6.45, 7) is 0. The van der Waals surface area contributed by atoms with Crippen LogP contribution >= 0.6 is 15.9 Å². The summed E-state index contributed by atoms with van der Waals surface area (Å²) in [6, 6.07) is 1.64. The molecule has 1 aromatic rings. The van der Waals surface area contributed by atoms with E-state index in [1.54, 1.807) is 6.07 Å². The lowest BCUT2D eigenvalue weighted by molar-refractivity contribution is 0.111. The van der Waals surface area contributed by atoms with Crippen LogP contribution in [0.1, 0.15) is 28.0 Å². The predicted molar refractivity (Wildman–Crippen MR) is 47.0 cm³/mol. The molecule has 0 aromatic carbocycles. The molecule has 0 amide bonds. The van der Waals surface area contributed by atoms with E-state index in [4.69, 9.17) is 5.26 Å². The summed E-state index contributed by atoms with van der Waals surface area (Å²) in [6.07, 6.45) is -1.51. The molecule has 0 saturated carbocycles. The molecule has 0 fully saturated rings.